The molecule has 0 fully saturated rings. The number of hydrogen-bond donors (Lipinski definition) is 0. The molecule has 0 aliphatic heterocycles. The van der Waals surface area contributed by atoms with E-state index in [2.05, 4.69) is 0 Å². The van der Waals surface area contributed by atoms with Crippen molar-refractivity contribution in [2.24, 2.45) is 0 Å². The summed E-state index contributed by atoms with van der Waals surface area (Å²) in [5.74, 6) is 0.354. The number of nitrogens with zero attached hydrogens (tertiary/aromatic N) is 1. The zero-order valence-corrected chi connectivity index (χ0v) is 15.8. The maximum Gasteiger partial charge on any atom is 0.514 e. The Morgan fingerprint density at radius 1 is 0.960 bits per heavy atom. The lowest BCUT2D eigenvalue weighted by molar-refractivity contribution is 0.0206. The van der Waals surface area contributed by atoms with Crippen molar-refractivity contribution in [3.8, 4) is 5.75 Å². The Labute approximate surface area is 147 Å². The monoisotopic (exact) mass is 347 g/mol. The van der Waals surface area contributed by atoms with Gasteiger partial charge >= 0.3 is 12.2 Å². The van der Waals surface area contributed by atoms with Crippen LogP contribution in [-0.4, -0.2) is 28.0 Å². The van der Waals surface area contributed by atoms with Gasteiger partial charge in [-0.15, -0.1) is 0 Å². The van der Waals surface area contributed by atoms with Crippen LogP contribution in [0.1, 0.15) is 47.1 Å². The molecule has 0 N–H and O–H groups in total. The minimum Gasteiger partial charge on any atom is -0.443 e. The van der Waals surface area contributed by atoms with E-state index in [9.17, 15) is 9.59 Å². The lowest BCUT2D eigenvalue weighted by atomic mass is 10.2. The van der Waals surface area contributed by atoms with Crippen LogP contribution in [0.15, 0.2) is 24.4 Å². The molecule has 6 nitrogen and oxygen atoms in total. The third-order valence-corrected chi connectivity index (χ3v) is 3.16. The van der Waals surface area contributed by atoms with E-state index in [-0.39, 0.29) is 0 Å². The molecular weight excluding hydrogens is 322 g/mol. The van der Waals surface area contributed by atoms with E-state index < -0.39 is 23.5 Å². The van der Waals surface area contributed by atoms with Gasteiger partial charge < -0.3 is 14.2 Å². The maximum absolute atomic E-state index is 12.3. The summed E-state index contributed by atoms with van der Waals surface area (Å²) in [6, 6.07) is 5.04. The first-order valence-corrected chi connectivity index (χ1v) is 8.12. The lowest BCUT2D eigenvalue weighted by Crippen LogP contribution is -2.26. The Morgan fingerprint density at radius 3 is 2.12 bits per heavy atom. The standard InChI is InChI=1S/C19H25NO5/c1-12-11-20(16(21)24-18(2,3)4)15-9-8-13(10-14(12)15)23-17(22)25-19(5,6)7/h8-11H,1-7H3. The van der Waals surface area contributed by atoms with Gasteiger partial charge in [-0.2, -0.15) is 0 Å². The number of aromatic nitrogens is 1. The third-order valence-electron chi connectivity index (χ3n) is 3.16. The molecule has 0 aliphatic rings. The van der Waals surface area contributed by atoms with Crippen LogP contribution in [0.2, 0.25) is 0 Å². The average molecular weight is 347 g/mol. The molecule has 6 heteroatoms. The van der Waals surface area contributed by atoms with Crippen LogP contribution in [0.5, 0.6) is 5.75 Å². The highest BCUT2D eigenvalue weighted by Gasteiger charge is 2.21. The summed E-state index contributed by atoms with van der Waals surface area (Å²) in [7, 11) is 0. The van der Waals surface area contributed by atoms with Crippen molar-refractivity contribution >= 4 is 23.2 Å². The number of carbonyl (C=O) groups excluding carboxylic acids is 2. The van der Waals surface area contributed by atoms with Gasteiger partial charge in [0.1, 0.15) is 17.0 Å². The van der Waals surface area contributed by atoms with Gasteiger partial charge in [-0.25, -0.2) is 9.59 Å². The molecule has 0 spiro atoms. The summed E-state index contributed by atoms with van der Waals surface area (Å²) in [5.41, 5.74) is 0.345. The summed E-state index contributed by atoms with van der Waals surface area (Å²) in [4.78, 5) is 24.1. The van der Waals surface area contributed by atoms with Crippen LogP contribution in [0.3, 0.4) is 0 Å². The van der Waals surface area contributed by atoms with Gasteiger partial charge in [0.2, 0.25) is 0 Å². The van der Waals surface area contributed by atoms with Gasteiger partial charge in [0.05, 0.1) is 5.52 Å². The predicted octanol–water partition coefficient (Wildman–Crippen LogP) is 5.05. The number of aryl methyl sites for hydroxylation is 1. The van der Waals surface area contributed by atoms with E-state index >= 15 is 0 Å². The zero-order chi connectivity index (χ0) is 19.0. The first-order chi connectivity index (χ1) is 11.4. The van der Waals surface area contributed by atoms with E-state index in [1.165, 1.54) is 4.57 Å². The molecule has 1 heterocycles. The number of benzene rings is 1. The van der Waals surface area contributed by atoms with E-state index in [0.717, 1.165) is 10.9 Å². The van der Waals surface area contributed by atoms with Crippen LogP contribution in [-0.2, 0) is 9.47 Å². The summed E-state index contributed by atoms with van der Waals surface area (Å²) < 4.78 is 17.2. The van der Waals surface area contributed by atoms with Crippen molar-refractivity contribution < 1.29 is 23.8 Å². The average Bonchev–Trinajstić information content (AvgIpc) is 2.72. The van der Waals surface area contributed by atoms with Crippen molar-refractivity contribution in [3.63, 3.8) is 0 Å². The molecule has 1 aromatic carbocycles. The van der Waals surface area contributed by atoms with Crippen LogP contribution >= 0.6 is 0 Å². The van der Waals surface area contributed by atoms with Crippen LogP contribution < -0.4 is 4.74 Å². The second-order valence-electron chi connectivity index (χ2n) is 7.91. The topological polar surface area (TPSA) is 66.8 Å². The minimum absolute atomic E-state index is 0.354. The summed E-state index contributed by atoms with van der Waals surface area (Å²) in [6.45, 7) is 12.6. The molecule has 0 atom stereocenters. The number of rotatable bonds is 1. The van der Waals surface area contributed by atoms with Crippen LogP contribution in [0.25, 0.3) is 10.9 Å². The highest BCUT2D eigenvalue weighted by molar-refractivity contribution is 5.93. The molecule has 0 saturated heterocycles. The predicted molar refractivity (Wildman–Crippen MR) is 95.2 cm³/mol. The number of hydrogen-bond acceptors (Lipinski definition) is 5. The molecular formula is C19H25NO5. The number of fused-ring (bicyclic) bond motifs is 1. The van der Waals surface area contributed by atoms with Gasteiger partial charge in [0, 0.05) is 11.6 Å². The first-order valence-electron chi connectivity index (χ1n) is 8.12. The van der Waals surface area contributed by atoms with Gasteiger partial charge in [-0.3, -0.25) is 4.57 Å². The van der Waals surface area contributed by atoms with Crippen LogP contribution in [0.4, 0.5) is 9.59 Å². The van der Waals surface area contributed by atoms with E-state index in [4.69, 9.17) is 14.2 Å². The quantitative estimate of drug-likeness (QED) is 0.533. The first kappa shape index (κ1) is 18.8. The molecule has 2 aromatic rings. The number of ether oxygens (including phenoxy) is 3. The number of carbonyl (C=O) groups is 2. The summed E-state index contributed by atoms with van der Waals surface area (Å²) in [6.07, 6.45) is 0.484. The Kier molecular flexibility index (Phi) is 4.84. The summed E-state index contributed by atoms with van der Waals surface area (Å²) >= 11 is 0. The fourth-order valence-electron chi connectivity index (χ4n) is 2.27. The second kappa shape index (κ2) is 6.43. The normalized spacial score (nSPS) is 12.1. The Bertz CT molecular complexity index is 806. The van der Waals surface area contributed by atoms with Crippen molar-refractivity contribution in [3.05, 3.63) is 30.0 Å². The molecule has 0 bridgehead atoms. The van der Waals surface area contributed by atoms with Gasteiger partial charge in [-0.05, 0) is 72.2 Å². The summed E-state index contributed by atoms with van der Waals surface area (Å²) in [5, 5.41) is 0.798. The van der Waals surface area contributed by atoms with Crippen LogP contribution in [0, 0.1) is 6.92 Å². The van der Waals surface area contributed by atoms with Gasteiger partial charge in [-0.1, -0.05) is 0 Å². The van der Waals surface area contributed by atoms with E-state index in [1.54, 1.807) is 45.2 Å². The van der Waals surface area contributed by atoms with E-state index in [1.807, 2.05) is 27.7 Å². The fraction of sp³-hybridized carbons (Fsp3) is 0.474. The molecule has 25 heavy (non-hydrogen) atoms. The van der Waals surface area contributed by atoms with Gasteiger partial charge in [0.15, 0.2) is 0 Å². The smallest absolute Gasteiger partial charge is 0.443 e. The second-order valence-corrected chi connectivity index (χ2v) is 7.91. The molecule has 2 rings (SSSR count). The minimum atomic E-state index is -0.768. The SMILES string of the molecule is Cc1cn(C(=O)OC(C)(C)C)c2ccc(OC(=O)OC(C)(C)C)cc12. The molecule has 0 radical (unpaired) electrons. The largest absolute Gasteiger partial charge is 0.514 e. The molecule has 0 aliphatic carbocycles. The Morgan fingerprint density at radius 2 is 1.56 bits per heavy atom. The van der Waals surface area contributed by atoms with Gasteiger partial charge in [0.25, 0.3) is 0 Å². The Balaban J connectivity index is 2.28. The molecule has 136 valence electrons. The van der Waals surface area contributed by atoms with Crippen molar-refractivity contribution in [2.45, 2.75) is 59.7 Å². The molecule has 0 unspecified atom stereocenters. The fourth-order valence-corrected chi connectivity index (χ4v) is 2.27. The highest BCUT2D eigenvalue weighted by Crippen LogP contribution is 2.27. The lowest BCUT2D eigenvalue weighted by Gasteiger charge is -2.20. The highest BCUT2D eigenvalue weighted by atomic mass is 16.7. The van der Waals surface area contributed by atoms with Crippen molar-refractivity contribution in [1.29, 1.82) is 0 Å². The molecule has 1 aromatic heterocycles. The molecule has 0 amide bonds. The third kappa shape index (κ3) is 4.98. The zero-order valence-electron chi connectivity index (χ0n) is 15.8. The Hall–Kier alpha value is -2.50. The maximum atomic E-state index is 12.3. The van der Waals surface area contributed by atoms with E-state index in [0.29, 0.717) is 11.3 Å². The molecule has 0 saturated carbocycles. The van der Waals surface area contributed by atoms with Crippen molar-refractivity contribution in [2.75, 3.05) is 0 Å². The van der Waals surface area contributed by atoms with Crippen molar-refractivity contribution in [1.82, 2.24) is 4.57 Å².